The molecule has 0 heterocycles. The number of rotatable bonds is 5. The molecule has 0 aliphatic rings. The standard InChI is InChI=1S/C15H12F5O3P/c1-2-23-24(22,15(21)8-6-4-3-5-7-8)14-12(19)10(17)9(16)11(18)13(14)20/h3-7,15,21H,2H2,1H3/t15-,24-/m1/s1. The molecule has 0 spiro atoms. The average Bonchev–Trinajstić information content (AvgIpc) is 2.58. The molecule has 0 unspecified atom stereocenters. The highest BCUT2D eigenvalue weighted by Crippen LogP contribution is 2.58. The van der Waals surface area contributed by atoms with Crippen molar-refractivity contribution in [2.75, 3.05) is 6.61 Å². The molecule has 0 saturated heterocycles. The Labute approximate surface area is 134 Å². The Morgan fingerprint density at radius 2 is 1.42 bits per heavy atom. The fraction of sp³-hybridized carbons (Fsp3) is 0.200. The van der Waals surface area contributed by atoms with Gasteiger partial charge in [0.1, 0.15) is 5.30 Å². The minimum absolute atomic E-state index is 0.0572. The third kappa shape index (κ3) is 2.97. The zero-order valence-electron chi connectivity index (χ0n) is 12.3. The van der Waals surface area contributed by atoms with E-state index < -0.39 is 47.6 Å². The van der Waals surface area contributed by atoms with E-state index in [0.717, 1.165) is 0 Å². The molecule has 2 rings (SSSR count). The van der Waals surface area contributed by atoms with Crippen LogP contribution in [0.2, 0.25) is 0 Å². The van der Waals surface area contributed by atoms with Crippen molar-refractivity contribution in [3.63, 3.8) is 0 Å². The summed E-state index contributed by atoms with van der Waals surface area (Å²) in [6, 6.07) is 6.99. The minimum Gasteiger partial charge on any atom is -0.378 e. The number of halogens is 5. The highest BCUT2D eigenvalue weighted by atomic mass is 31.2. The lowest BCUT2D eigenvalue weighted by Gasteiger charge is -2.25. The van der Waals surface area contributed by atoms with E-state index in [4.69, 9.17) is 4.52 Å². The van der Waals surface area contributed by atoms with E-state index in [2.05, 4.69) is 0 Å². The van der Waals surface area contributed by atoms with Gasteiger partial charge in [-0.1, -0.05) is 30.3 Å². The molecule has 0 bridgehead atoms. The third-order valence-corrected chi connectivity index (χ3v) is 5.84. The SMILES string of the molecule is CCO[P@](=O)(c1c(F)c(F)c(F)c(F)c1F)[C@@H](O)c1ccccc1. The number of benzene rings is 2. The van der Waals surface area contributed by atoms with Crippen LogP contribution in [0.3, 0.4) is 0 Å². The first kappa shape index (κ1) is 18.6. The van der Waals surface area contributed by atoms with E-state index in [1.54, 1.807) is 6.07 Å². The van der Waals surface area contributed by atoms with Crippen LogP contribution in [-0.4, -0.2) is 11.7 Å². The van der Waals surface area contributed by atoms with E-state index in [-0.39, 0.29) is 12.2 Å². The molecule has 9 heteroatoms. The zero-order valence-corrected chi connectivity index (χ0v) is 13.2. The first-order valence-electron chi connectivity index (χ1n) is 6.75. The molecule has 0 saturated carbocycles. The minimum atomic E-state index is -4.87. The van der Waals surface area contributed by atoms with Gasteiger partial charge in [0, 0.05) is 0 Å². The molecule has 0 amide bonds. The summed E-state index contributed by atoms with van der Waals surface area (Å²) in [6.45, 7) is 0.914. The van der Waals surface area contributed by atoms with Crippen LogP contribution in [0, 0.1) is 29.1 Å². The Morgan fingerprint density at radius 3 is 1.88 bits per heavy atom. The first-order chi connectivity index (χ1) is 11.3. The number of aliphatic hydroxyl groups is 1. The second-order valence-electron chi connectivity index (χ2n) is 4.72. The molecule has 1 N–H and O–H groups in total. The van der Waals surface area contributed by atoms with Gasteiger partial charge >= 0.3 is 0 Å². The van der Waals surface area contributed by atoms with Crippen LogP contribution in [-0.2, 0) is 9.09 Å². The molecule has 0 aliphatic carbocycles. The van der Waals surface area contributed by atoms with Gasteiger partial charge in [-0.05, 0) is 12.5 Å². The van der Waals surface area contributed by atoms with E-state index in [9.17, 15) is 31.6 Å². The summed E-state index contributed by atoms with van der Waals surface area (Å²) in [4.78, 5) is 0. The smallest absolute Gasteiger partial charge is 0.270 e. The Hall–Kier alpha value is -1.76. The average molecular weight is 366 g/mol. The lowest BCUT2D eigenvalue weighted by Crippen LogP contribution is -2.25. The van der Waals surface area contributed by atoms with Gasteiger partial charge in [-0.25, -0.2) is 22.0 Å². The van der Waals surface area contributed by atoms with Crippen LogP contribution >= 0.6 is 7.37 Å². The van der Waals surface area contributed by atoms with Crippen molar-refractivity contribution >= 4 is 12.7 Å². The summed E-state index contributed by atoms with van der Waals surface area (Å²) >= 11 is 0. The summed E-state index contributed by atoms with van der Waals surface area (Å²) in [5, 5.41) is 8.61. The maximum absolute atomic E-state index is 14.0. The van der Waals surface area contributed by atoms with E-state index in [1.807, 2.05) is 0 Å². The maximum Gasteiger partial charge on any atom is 0.270 e. The van der Waals surface area contributed by atoms with E-state index in [1.165, 1.54) is 31.2 Å². The highest BCUT2D eigenvalue weighted by molar-refractivity contribution is 7.67. The third-order valence-electron chi connectivity index (χ3n) is 3.24. The summed E-state index contributed by atoms with van der Waals surface area (Å²) in [6.07, 6.45) is 0. The van der Waals surface area contributed by atoms with Crippen molar-refractivity contribution < 1.29 is 36.1 Å². The molecule has 3 nitrogen and oxygen atoms in total. The Kier molecular flexibility index (Phi) is 5.42. The molecule has 24 heavy (non-hydrogen) atoms. The number of hydrogen-bond donors (Lipinski definition) is 1. The first-order valence-corrected chi connectivity index (χ1v) is 8.44. The van der Waals surface area contributed by atoms with Crippen LogP contribution in [0.15, 0.2) is 30.3 Å². The van der Waals surface area contributed by atoms with Crippen LogP contribution < -0.4 is 5.30 Å². The highest BCUT2D eigenvalue weighted by Gasteiger charge is 2.44. The van der Waals surface area contributed by atoms with Gasteiger partial charge in [-0.3, -0.25) is 4.57 Å². The molecule has 2 atom stereocenters. The largest absolute Gasteiger partial charge is 0.378 e. The zero-order chi connectivity index (χ0) is 18.1. The lowest BCUT2D eigenvalue weighted by molar-refractivity contribution is 0.217. The molecule has 130 valence electrons. The number of aliphatic hydroxyl groups excluding tert-OH is 1. The van der Waals surface area contributed by atoms with Crippen LogP contribution in [0.4, 0.5) is 22.0 Å². The van der Waals surface area contributed by atoms with Gasteiger partial charge in [0.15, 0.2) is 29.1 Å². The second kappa shape index (κ2) is 7.01. The maximum atomic E-state index is 14.0. The van der Waals surface area contributed by atoms with Gasteiger partial charge in [0.25, 0.3) is 7.37 Å². The van der Waals surface area contributed by atoms with Crippen molar-refractivity contribution in [3.05, 3.63) is 65.0 Å². The Morgan fingerprint density at radius 1 is 0.958 bits per heavy atom. The normalized spacial score (nSPS) is 15.1. The van der Waals surface area contributed by atoms with Gasteiger partial charge in [0.05, 0.1) is 6.61 Å². The topological polar surface area (TPSA) is 46.5 Å². The van der Waals surface area contributed by atoms with Crippen LogP contribution in [0.1, 0.15) is 18.3 Å². The predicted octanol–water partition coefficient (Wildman–Crippen LogP) is 4.01. The van der Waals surface area contributed by atoms with E-state index in [0.29, 0.717) is 0 Å². The quantitative estimate of drug-likeness (QED) is 0.376. The molecule has 0 aromatic heterocycles. The summed E-state index contributed by atoms with van der Waals surface area (Å²) in [5.41, 5.74) is -0.0572. The fourth-order valence-corrected chi connectivity index (χ4v) is 4.34. The molecule has 0 fully saturated rings. The summed E-state index contributed by atoms with van der Waals surface area (Å²) < 4.78 is 85.8. The molecule has 2 aromatic rings. The van der Waals surface area contributed by atoms with Gasteiger partial charge in [-0.15, -0.1) is 0 Å². The van der Waals surface area contributed by atoms with Crippen molar-refractivity contribution in [3.8, 4) is 0 Å². The molecule has 0 aliphatic heterocycles. The number of hydrogen-bond acceptors (Lipinski definition) is 3. The molecular formula is C15H12F5O3P. The van der Waals surface area contributed by atoms with Crippen LogP contribution in [0.5, 0.6) is 0 Å². The van der Waals surface area contributed by atoms with Crippen molar-refractivity contribution in [2.24, 2.45) is 0 Å². The second-order valence-corrected chi connectivity index (χ2v) is 7.11. The summed E-state index contributed by atoms with van der Waals surface area (Å²) in [5.74, 6) is -13.6. The van der Waals surface area contributed by atoms with Gasteiger partial charge in [0.2, 0.25) is 5.82 Å². The molecule has 2 aromatic carbocycles. The van der Waals surface area contributed by atoms with Gasteiger partial charge < -0.3 is 9.63 Å². The Bertz CT molecular complexity index is 768. The molecule has 0 radical (unpaired) electrons. The molecular weight excluding hydrogens is 354 g/mol. The van der Waals surface area contributed by atoms with Crippen molar-refractivity contribution in [1.29, 1.82) is 0 Å². The fourth-order valence-electron chi connectivity index (χ4n) is 2.14. The van der Waals surface area contributed by atoms with Crippen molar-refractivity contribution in [2.45, 2.75) is 12.8 Å². The van der Waals surface area contributed by atoms with Crippen molar-refractivity contribution in [1.82, 2.24) is 0 Å². The van der Waals surface area contributed by atoms with Crippen LogP contribution in [0.25, 0.3) is 0 Å². The van der Waals surface area contributed by atoms with E-state index >= 15 is 0 Å². The predicted molar refractivity (Wildman–Crippen MR) is 76.5 cm³/mol. The summed E-state index contributed by atoms with van der Waals surface area (Å²) in [7, 11) is -4.87. The van der Waals surface area contributed by atoms with Gasteiger partial charge in [-0.2, -0.15) is 0 Å². The monoisotopic (exact) mass is 366 g/mol. The lowest BCUT2D eigenvalue weighted by atomic mass is 10.2. The Balaban J connectivity index is 2.75.